The topological polar surface area (TPSA) is 165 Å². The lowest BCUT2D eigenvalue weighted by Crippen LogP contribution is -2.63. The number of ether oxygens (including phenoxy) is 1. The van der Waals surface area contributed by atoms with Gasteiger partial charge in [-0.05, 0) is 88.2 Å². The Morgan fingerprint density at radius 3 is 2.34 bits per heavy atom. The second-order valence-corrected chi connectivity index (χ2v) is 13.8. The van der Waals surface area contributed by atoms with E-state index >= 15 is 0 Å². The van der Waals surface area contributed by atoms with Crippen LogP contribution in [0.4, 0.5) is 0 Å². The molecule has 6 N–H and O–H groups in total. The van der Waals surface area contributed by atoms with Crippen LogP contribution < -0.4 is 0 Å². The lowest BCUT2D eigenvalue weighted by Gasteiger charge is -2.60. The van der Waals surface area contributed by atoms with Crippen molar-refractivity contribution in [1.29, 1.82) is 0 Å². The van der Waals surface area contributed by atoms with E-state index in [-0.39, 0.29) is 31.0 Å². The van der Waals surface area contributed by atoms with Gasteiger partial charge in [-0.2, -0.15) is 0 Å². The minimum absolute atomic E-state index is 0.145. The molecule has 38 heavy (non-hydrogen) atoms. The average Bonchev–Trinajstić information content (AvgIpc) is 3.21. The summed E-state index contributed by atoms with van der Waals surface area (Å²) >= 11 is 0. The smallest absolute Gasteiger partial charge is 0.312 e. The van der Waals surface area contributed by atoms with E-state index in [1.54, 1.807) is 19.9 Å². The molecule has 1 saturated heterocycles. The van der Waals surface area contributed by atoms with Crippen molar-refractivity contribution in [3.8, 4) is 0 Å². The minimum Gasteiger partial charge on any atom is -0.459 e. The second kappa shape index (κ2) is 8.57. The second-order valence-electron chi connectivity index (χ2n) is 13.8. The summed E-state index contributed by atoms with van der Waals surface area (Å²) < 4.78 is 5.19. The number of fused-ring (bicyclic) bond motifs is 5. The summed E-state index contributed by atoms with van der Waals surface area (Å²) in [6.07, 6.45) is -0.472. The third-order valence-electron chi connectivity index (χ3n) is 12.1. The number of hydrogen-bond donors (Lipinski definition) is 6. The Hall–Kier alpha value is -1.36. The van der Waals surface area contributed by atoms with E-state index in [0.717, 1.165) is 0 Å². The first-order valence-electron chi connectivity index (χ1n) is 14.1. The van der Waals surface area contributed by atoms with Gasteiger partial charge in [-0.15, -0.1) is 0 Å². The van der Waals surface area contributed by atoms with E-state index in [9.17, 15) is 40.2 Å². The lowest BCUT2D eigenvalue weighted by atomic mass is 9.45. The highest BCUT2D eigenvalue weighted by Gasteiger charge is 2.69. The Balaban J connectivity index is 1.46. The molecule has 3 saturated carbocycles. The molecule has 0 spiro atoms. The van der Waals surface area contributed by atoms with Crippen LogP contribution in [-0.2, 0) is 14.3 Å². The molecule has 214 valence electrons. The van der Waals surface area contributed by atoms with Gasteiger partial charge in [-0.25, -0.2) is 0 Å². The van der Waals surface area contributed by atoms with Gasteiger partial charge in [-0.1, -0.05) is 13.8 Å². The van der Waals surface area contributed by atoms with Gasteiger partial charge in [0.2, 0.25) is 0 Å². The largest absolute Gasteiger partial charge is 0.459 e. The normalized spacial score (nSPS) is 52.8. The van der Waals surface area contributed by atoms with Crippen LogP contribution in [0, 0.1) is 34.5 Å². The van der Waals surface area contributed by atoms with E-state index in [1.807, 2.05) is 13.8 Å². The zero-order chi connectivity index (χ0) is 28.2. The van der Waals surface area contributed by atoms with Crippen LogP contribution in [0.5, 0.6) is 0 Å². The molecule has 5 aliphatic rings. The Morgan fingerprint density at radius 2 is 1.74 bits per heavy atom. The molecule has 1 aliphatic heterocycles. The molecule has 4 aliphatic carbocycles. The van der Waals surface area contributed by atoms with Gasteiger partial charge in [0, 0.05) is 17.8 Å². The SMILES string of the molecule is C[C@@H]1C(=O)O[C@H](C)[C@@]1(O)C[C@@H](O)[C@](C)(O)[C@H]1CC[C@@]2(O)C3=CC(=O)[C@@H]4C[C@@H](O)[C@@H](O)C[C@]4(C)[C@H]3CC[C@]12C. The number of hydrogen-bond acceptors (Lipinski definition) is 9. The fourth-order valence-electron chi connectivity index (χ4n) is 9.33. The molecule has 0 aromatic carbocycles. The minimum atomic E-state index is -1.70. The molecule has 4 fully saturated rings. The van der Waals surface area contributed by atoms with Crippen molar-refractivity contribution in [3.05, 3.63) is 11.6 Å². The van der Waals surface area contributed by atoms with Crippen molar-refractivity contribution < 1.29 is 45.0 Å². The molecule has 13 atom stereocenters. The van der Waals surface area contributed by atoms with Crippen LogP contribution in [0.25, 0.3) is 0 Å². The molecule has 0 bridgehead atoms. The maximum absolute atomic E-state index is 13.3. The van der Waals surface area contributed by atoms with Crippen molar-refractivity contribution in [2.75, 3.05) is 0 Å². The van der Waals surface area contributed by atoms with E-state index in [1.165, 1.54) is 6.92 Å². The van der Waals surface area contributed by atoms with Crippen LogP contribution in [0.1, 0.15) is 79.6 Å². The molecule has 0 aromatic rings. The zero-order valence-electron chi connectivity index (χ0n) is 23.1. The van der Waals surface area contributed by atoms with Gasteiger partial charge in [0.15, 0.2) is 5.78 Å². The average molecular weight is 537 g/mol. The fraction of sp³-hybridized carbons (Fsp3) is 0.862. The number of carbonyl (C=O) groups is 2. The number of esters is 1. The predicted molar refractivity (Wildman–Crippen MR) is 135 cm³/mol. The Kier molecular flexibility index (Phi) is 6.36. The predicted octanol–water partition coefficient (Wildman–Crippen LogP) is 1.01. The first-order chi connectivity index (χ1) is 17.4. The van der Waals surface area contributed by atoms with Gasteiger partial charge in [0.25, 0.3) is 0 Å². The quantitative estimate of drug-likeness (QED) is 0.288. The third kappa shape index (κ3) is 3.51. The molecule has 1 heterocycles. The van der Waals surface area contributed by atoms with E-state index < -0.39 is 75.8 Å². The molecular weight excluding hydrogens is 492 g/mol. The number of carbonyl (C=O) groups excluding carboxylic acids is 2. The summed E-state index contributed by atoms with van der Waals surface area (Å²) in [5.41, 5.74) is -5.55. The first kappa shape index (κ1) is 28.2. The van der Waals surface area contributed by atoms with Crippen molar-refractivity contribution in [3.63, 3.8) is 0 Å². The molecule has 0 aromatic heterocycles. The van der Waals surface area contributed by atoms with E-state index in [4.69, 9.17) is 4.74 Å². The Morgan fingerprint density at radius 1 is 1.08 bits per heavy atom. The van der Waals surface area contributed by atoms with Crippen LogP contribution >= 0.6 is 0 Å². The van der Waals surface area contributed by atoms with Crippen molar-refractivity contribution in [2.45, 2.75) is 121 Å². The first-order valence-corrected chi connectivity index (χ1v) is 14.1. The summed E-state index contributed by atoms with van der Waals surface area (Å²) in [7, 11) is 0. The van der Waals surface area contributed by atoms with Crippen molar-refractivity contribution in [2.24, 2.45) is 34.5 Å². The summed E-state index contributed by atoms with van der Waals surface area (Å²) in [4.78, 5) is 25.4. The molecule has 5 rings (SSSR count). The third-order valence-corrected chi connectivity index (χ3v) is 12.1. The zero-order valence-corrected chi connectivity index (χ0v) is 23.1. The molecule has 0 unspecified atom stereocenters. The maximum Gasteiger partial charge on any atom is 0.312 e. The van der Waals surface area contributed by atoms with E-state index in [0.29, 0.717) is 31.3 Å². The number of aliphatic hydroxyl groups excluding tert-OH is 3. The molecular formula is C29H44O9. The lowest BCUT2D eigenvalue weighted by molar-refractivity contribution is -0.187. The maximum atomic E-state index is 13.3. The number of allylic oxidation sites excluding steroid dienone is 1. The van der Waals surface area contributed by atoms with Crippen LogP contribution in [0.3, 0.4) is 0 Å². The van der Waals surface area contributed by atoms with Crippen LogP contribution in [0.15, 0.2) is 11.6 Å². The Labute approximate surface area is 223 Å². The highest BCUT2D eigenvalue weighted by molar-refractivity contribution is 5.95. The number of ketones is 1. The van der Waals surface area contributed by atoms with E-state index in [2.05, 4.69) is 0 Å². The van der Waals surface area contributed by atoms with Gasteiger partial charge < -0.3 is 35.4 Å². The standard InChI is InChI=1S/C29H44O9/c1-14-24(34)38-15(2)28(14,36)13-23(33)27(5,35)22-7-9-29(37)17-10-19(30)18-11-20(31)21(32)12-25(18,3)16(17)6-8-26(22,29)4/h10,14-16,18,20-23,31-33,35-37H,6-9,11-13H2,1-5H3/t14-,15-,16+,18+,20-,21+,22+,23-,25-,26-,27-,28-,29-/m1/s1. The van der Waals surface area contributed by atoms with Crippen molar-refractivity contribution in [1.82, 2.24) is 0 Å². The van der Waals surface area contributed by atoms with Crippen molar-refractivity contribution >= 4 is 11.8 Å². The fourth-order valence-corrected chi connectivity index (χ4v) is 9.33. The number of cyclic esters (lactones) is 1. The summed E-state index contributed by atoms with van der Waals surface area (Å²) in [5.74, 6) is -2.68. The number of rotatable bonds is 4. The summed E-state index contributed by atoms with van der Waals surface area (Å²) in [6, 6.07) is 0. The monoisotopic (exact) mass is 536 g/mol. The van der Waals surface area contributed by atoms with Gasteiger partial charge in [-0.3, -0.25) is 9.59 Å². The highest BCUT2D eigenvalue weighted by atomic mass is 16.6. The van der Waals surface area contributed by atoms with Crippen LogP contribution in [0.2, 0.25) is 0 Å². The Bertz CT molecular complexity index is 1050. The summed E-state index contributed by atoms with van der Waals surface area (Å²) in [6.45, 7) is 8.53. The number of aliphatic hydroxyl groups is 6. The molecule has 9 heteroatoms. The molecule has 9 nitrogen and oxygen atoms in total. The van der Waals surface area contributed by atoms with Gasteiger partial charge in [0.1, 0.15) is 11.7 Å². The molecule has 0 amide bonds. The highest BCUT2D eigenvalue weighted by Crippen LogP contribution is 2.68. The summed E-state index contributed by atoms with van der Waals surface area (Å²) in [5, 5.41) is 67.5. The van der Waals surface area contributed by atoms with Crippen LogP contribution in [-0.4, -0.2) is 83.6 Å². The molecule has 0 radical (unpaired) electrons. The van der Waals surface area contributed by atoms with Gasteiger partial charge >= 0.3 is 5.97 Å². The van der Waals surface area contributed by atoms with Gasteiger partial charge in [0.05, 0.1) is 35.4 Å².